The molecule has 0 radical (unpaired) electrons. The molecule has 386 valence electrons. The summed E-state index contributed by atoms with van der Waals surface area (Å²) in [7, 11) is -3.92. The lowest BCUT2D eigenvalue weighted by molar-refractivity contribution is -0.510. The first kappa shape index (κ1) is 59.1. The largest absolute Gasteiger partial charge is 0.623 e. The van der Waals surface area contributed by atoms with Crippen molar-refractivity contribution >= 4 is 67.5 Å². The lowest BCUT2D eigenvalue weighted by Gasteiger charge is -2.46. The smallest absolute Gasteiger partial charge is 0.401 e. The quantitative estimate of drug-likeness (QED) is 0.0279. The maximum atomic E-state index is 14.2. The van der Waals surface area contributed by atoms with Gasteiger partial charge in [0.2, 0.25) is 6.10 Å². The molecule has 1 aromatic carbocycles. The van der Waals surface area contributed by atoms with Crippen LogP contribution in [0.5, 0.6) is 0 Å². The highest BCUT2D eigenvalue weighted by Gasteiger charge is 2.56. The van der Waals surface area contributed by atoms with Gasteiger partial charge in [0.15, 0.2) is 43.0 Å². The van der Waals surface area contributed by atoms with Gasteiger partial charge in [0, 0.05) is 81.3 Å². The van der Waals surface area contributed by atoms with Crippen LogP contribution >= 0.6 is 7.60 Å². The molecule has 1 N–H and O–H groups in total. The van der Waals surface area contributed by atoms with Gasteiger partial charge in [0.1, 0.15) is 25.4 Å². The van der Waals surface area contributed by atoms with Gasteiger partial charge in [-0.2, -0.15) is 4.74 Å². The molecule has 1 aromatic rings. The predicted molar refractivity (Wildman–Crippen MR) is 232 cm³/mol. The van der Waals surface area contributed by atoms with Gasteiger partial charge in [-0.05, 0) is 31.5 Å². The average Bonchev–Trinajstić information content (AvgIpc) is 3.23. The minimum atomic E-state index is -3.92. The van der Waals surface area contributed by atoms with Crippen LogP contribution in [0.15, 0.2) is 24.3 Å². The van der Waals surface area contributed by atoms with Crippen LogP contribution in [-0.4, -0.2) is 151 Å². The van der Waals surface area contributed by atoms with Crippen LogP contribution in [0, 0.1) is 5.21 Å². The molecule has 0 saturated carbocycles. The molecular weight excluding hydrogens is 943 g/mol. The fourth-order valence-corrected chi connectivity index (χ4v) is 8.18. The SMILES string of the molecule is CCOP(=O)(OCC)C(C)(C)[N+]([O-])=Cc1ccc(CNC(=O)[C@H](OC(C)=O)[C@@H](OC(C)=O)[C@H](O[C@@H]2O[C@H](COC(C)=O)[C@H](OC(C)=O)[C@H](OC(C)=O)[C@H]2OC(C)=O)[C@@H](COC(C)=O)OC(C)=O)cc1. The minimum Gasteiger partial charge on any atom is -0.623 e. The molecular formula is C43H61N2O23P. The van der Waals surface area contributed by atoms with Crippen LogP contribution < -0.4 is 5.32 Å². The van der Waals surface area contributed by atoms with E-state index in [1.807, 2.05) is 0 Å². The van der Waals surface area contributed by atoms with Gasteiger partial charge in [-0.25, -0.2) is 0 Å². The lowest BCUT2D eigenvalue weighted by atomic mass is 9.97. The number of nitrogens with zero attached hydrogens (tertiary/aromatic N) is 1. The monoisotopic (exact) mass is 1000 g/mol. The van der Waals surface area contributed by atoms with Crippen molar-refractivity contribution in [3.05, 3.63) is 40.6 Å². The highest BCUT2D eigenvalue weighted by Crippen LogP contribution is 2.59. The minimum absolute atomic E-state index is 0.0199. The number of hydrogen-bond acceptors (Lipinski definition) is 23. The number of amides is 1. The summed E-state index contributed by atoms with van der Waals surface area (Å²) >= 11 is 0. The Kier molecular flexibility index (Phi) is 23.3. The second-order valence-electron chi connectivity index (χ2n) is 15.5. The number of esters is 8. The molecule has 9 atom stereocenters. The third-order valence-corrected chi connectivity index (χ3v) is 12.1. The molecule has 1 aliphatic rings. The van der Waals surface area contributed by atoms with Crippen molar-refractivity contribution in [2.24, 2.45) is 0 Å². The summed E-state index contributed by atoms with van der Waals surface area (Å²) in [4.78, 5) is 114. The van der Waals surface area contributed by atoms with E-state index in [1.54, 1.807) is 13.8 Å². The standard InChI is InChI=1S/C43H61N2O23P/c1-13-59-69(56,60-14-2)43(11,12)45(55)20-32-17-15-31(16-18-32)19-44-41(54)39(65-29(9)52)37(63-27(7)50)36(33(61-25(5)48)21-57-23(3)46)68-42-40(66-30(10)53)38(64-28(8)51)35(62-26(6)49)34(67-42)22-58-24(4)47/h15-18,20,33-40,42H,13-14,19,21-22H2,1-12H3,(H,44,54)/t33-,34-,35+,36-,37+,38+,39-,40-,42+/m1/s1. The van der Waals surface area contributed by atoms with Crippen molar-refractivity contribution in [3.8, 4) is 0 Å². The topological polar surface area (TPSA) is 320 Å². The van der Waals surface area contributed by atoms with E-state index in [-0.39, 0.29) is 19.8 Å². The molecule has 0 bridgehead atoms. The Hall–Kier alpha value is -6.01. The average molecular weight is 1000 g/mol. The van der Waals surface area contributed by atoms with Crippen LogP contribution in [0.3, 0.4) is 0 Å². The molecule has 0 unspecified atom stereocenters. The van der Waals surface area contributed by atoms with Crippen LogP contribution in [0.25, 0.3) is 0 Å². The lowest BCUT2D eigenvalue weighted by Crippen LogP contribution is -2.65. The number of hydroxylamine groups is 1. The first-order valence-corrected chi connectivity index (χ1v) is 22.9. The van der Waals surface area contributed by atoms with E-state index < -0.39 is 135 Å². The summed E-state index contributed by atoms with van der Waals surface area (Å²) in [5.41, 5.74) is 0.738. The van der Waals surface area contributed by atoms with Crippen molar-refractivity contribution < 1.29 is 109 Å². The molecule has 26 heteroatoms. The van der Waals surface area contributed by atoms with E-state index in [4.69, 9.17) is 56.4 Å². The van der Waals surface area contributed by atoms with Gasteiger partial charge >= 0.3 is 55.4 Å². The summed E-state index contributed by atoms with van der Waals surface area (Å²) in [6.45, 7) is 11.8. The molecule has 2 rings (SSSR count). The maximum absolute atomic E-state index is 14.2. The van der Waals surface area contributed by atoms with Gasteiger partial charge in [-0.3, -0.25) is 47.7 Å². The number of benzene rings is 1. The normalized spacial score (nSPS) is 20.1. The molecule has 1 amide bonds. The van der Waals surface area contributed by atoms with Gasteiger partial charge in [0.25, 0.3) is 11.2 Å². The molecule has 1 saturated heterocycles. The van der Waals surface area contributed by atoms with Crippen molar-refractivity contribution in [2.45, 2.75) is 150 Å². The van der Waals surface area contributed by atoms with E-state index in [9.17, 15) is 52.9 Å². The zero-order valence-electron chi connectivity index (χ0n) is 40.4. The Balaban J connectivity index is 2.79. The van der Waals surface area contributed by atoms with Gasteiger partial charge in [-0.1, -0.05) is 12.1 Å². The highest BCUT2D eigenvalue weighted by molar-refractivity contribution is 7.55. The third-order valence-electron chi connectivity index (χ3n) is 9.37. The second kappa shape index (κ2) is 27.2. The number of rotatable bonds is 25. The molecule has 0 spiro atoms. The summed E-state index contributed by atoms with van der Waals surface area (Å²) < 4.78 is 80.1. The molecule has 1 aliphatic heterocycles. The van der Waals surface area contributed by atoms with Gasteiger partial charge in [0.05, 0.1) is 13.2 Å². The van der Waals surface area contributed by atoms with E-state index >= 15 is 0 Å². The number of carbonyl (C=O) groups is 9. The Bertz CT molecular complexity index is 2060. The Morgan fingerprint density at radius 1 is 0.696 bits per heavy atom. The molecule has 69 heavy (non-hydrogen) atoms. The van der Waals surface area contributed by atoms with Crippen LogP contribution in [0.2, 0.25) is 0 Å². The number of carbonyl (C=O) groups excluding carboxylic acids is 9. The Labute approximate surface area is 398 Å². The molecule has 0 aliphatic carbocycles. The third kappa shape index (κ3) is 18.4. The molecule has 0 aromatic heterocycles. The number of nitrogens with one attached hydrogen (secondary N) is 1. The van der Waals surface area contributed by atoms with E-state index in [1.165, 1.54) is 38.1 Å². The summed E-state index contributed by atoms with van der Waals surface area (Å²) in [6, 6.07) is 6.01. The number of hydrogen-bond donors (Lipinski definition) is 1. The van der Waals surface area contributed by atoms with Crippen LogP contribution in [-0.2, 0) is 111 Å². The molecule has 1 fully saturated rings. The summed E-state index contributed by atoms with van der Waals surface area (Å²) in [6.07, 6.45) is -16.4. The maximum Gasteiger partial charge on any atom is 0.401 e. The summed E-state index contributed by atoms with van der Waals surface area (Å²) in [5, 5.41) is 14.2. The van der Waals surface area contributed by atoms with E-state index in [2.05, 4.69) is 5.32 Å². The van der Waals surface area contributed by atoms with E-state index in [0.717, 1.165) is 61.6 Å². The van der Waals surface area contributed by atoms with Gasteiger partial charge < -0.3 is 66.9 Å². The van der Waals surface area contributed by atoms with Crippen molar-refractivity contribution in [3.63, 3.8) is 0 Å². The first-order chi connectivity index (χ1) is 32.1. The predicted octanol–water partition coefficient (Wildman–Crippen LogP) is 2.06. The van der Waals surface area contributed by atoms with Gasteiger partial charge in [-0.15, -0.1) is 0 Å². The Morgan fingerprint density at radius 2 is 1.20 bits per heavy atom. The van der Waals surface area contributed by atoms with E-state index in [0.29, 0.717) is 15.9 Å². The number of ether oxygens (including phenoxy) is 10. The fraction of sp³-hybridized carbons (Fsp3) is 0.628. The zero-order chi connectivity index (χ0) is 52.4. The highest BCUT2D eigenvalue weighted by atomic mass is 31.2. The molecule has 25 nitrogen and oxygen atoms in total. The van der Waals surface area contributed by atoms with Crippen LogP contribution in [0.4, 0.5) is 0 Å². The van der Waals surface area contributed by atoms with Crippen molar-refractivity contribution in [1.82, 2.24) is 5.32 Å². The zero-order valence-corrected chi connectivity index (χ0v) is 41.3. The second-order valence-corrected chi connectivity index (χ2v) is 18.1. The first-order valence-electron chi connectivity index (χ1n) is 21.3. The fourth-order valence-electron chi connectivity index (χ4n) is 6.50. The Morgan fingerprint density at radius 3 is 1.68 bits per heavy atom. The molecule has 1 heterocycles. The van der Waals surface area contributed by atoms with Crippen molar-refractivity contribution in [1.29, 1.82) is 0 Å². The van der Waals surface area contributed by atoms with Crippen LogP contribution in [0.1, 0.15) is 94.2 Å². The van der Waals surface area contributed by atoms with Crippen molar-refractivity contribution in [2.75, 3.05) is 26.4 Å². The summed E-state index contributed by atoms with van der Waals surface area (Å²) in [5.74, 6) is -9.27.